The summed E-state index contributed by atoms with van der Waals surface area (Å²) in [5, 5.41) is 17.4. The molecule has 3 heteroatoms. The molecule has 0 rings (SSSR count). The standard InChI is InChI=1S/C6H15NO2/c1-5(7)6(9)3-2-4-8/h5-6,8-9H,2-4,7H2,1H3. The maximum Gasteiger partial charge on any atom is 0.0689 e. The summed E-state index contributed by atoms with van der Waals surface area (Å²) in [6, 6.07) is -0.184. The number of aliphatic hydroxyl groups excluding tert-OH is 2. The van der Waals surface area contributed by atoms with Crippen LogP contribution in [0.15, 0.2) is 0 Å². The number of nitrogens with two attached hydrogens (primary N) is 1. The quantitative estimate of drug-likeness (QED) is 0.483. The molecule has 2 atom stereocenters. The highest BCUT2D eigenvalue weighted by atomic mass is 16.3. The van der Waals surface area contributed by atoms with Crippen LogP contribution in [-0.4, -0.2) is 29.0 Å². The van der Waals surface area contributed by atoms with Crippen LogP contribution in [0.4, 0.5) is 0 Å². The molecule has 0 heterocycles. The van der Waals surface area contributed by atoms with E-state index in [0.29, 0.717) is 12.8 Å². The summed E-state index contributed by atoms with van der Waals surface area (Å²) in [7, 11) is 0. The molecule has 0 bridgehead atoms. The molecular weight excluding hydrogens is 118 g/mol. The Hall–Kier alpha value is -0.120. The largest absolute Gasteiger partial charge is 0.396 e. The first kappa shape index (κ1) is 8.88. The van der Waals surface area contributed by atoms with E-state index in [1.165, 1.54) is 0 Å². The van der Waals surface area contributed by atoms with Crippen molar-refractivity contribution in [3.05, 3.63) is 0 Å². The average molecular weight is 133 g/mol. The maximum atomic E-state index is 9.02. The number of hydrogen-bond donors (Lipinski definition) is 3. The van der Waals surface area contributed by atoms with Crippen LogP contribution < -0.4 is 5.73 Å². The monoisotopic (exact) mass is 133 g/mol. The summed E-state index contributed by atoms with van der Waals surface area (Å²) in [6.45, 7) is 1.88. The van der Waals surface area contributed by atoms with E-state index >= 15 is 0 Å². The predicted molar refractivity (Wildman–Crippen MR) is 36.0 cm³/mol. The molecule has 0 aliphatic carbocycles. The van der Waals surface area contributed by atoms with Gasteiger partial charge in [-0.2, -0.15) is 0 Å². The molecule has 0 saturated heterocycles. The minimum atomic E-state index is -0.461. The van der Waals surface area contributed by atoms with Gasteiger partial charge in [0.1, 0.15) is 0 Å². The van der Waals surface area contributed by atoms with Gasteiger partial charge in [-0.05, 0) is 19.8 Å². The van der Waals surface area contributed by atoms with Gasteiger partial charge in [0, 0.05) is 12.6 Å². The van der Waals surface area contributed by atoms with E-state index in [1.54, 1.807) is 6.92 Å². The van der Waals surface area contributed by atoms with Gasteiger partial charge in [0.2, 0.25) is 0 Å². The Morgan fingerprint density at radius 1 is 1.56 bits per heavy atom. The van der Waals surface area contributed by atoms with Crippen LogP contribution in [0.25, 0.3) is 0 Å². The zero-order chi connectivity index (χ0) is 7.28. The van der Waals surface area contributed by atoms with Crippen molar-refractivity contribution in [1.29, 1.82) is 0 Å². The van der Waals surface area contributed by atoms with Gasteiger partial charge >= 0.3 is 0 Å². The fourth-order valence-corrected chi connectivity index (χ4v) is 0.563. The van der Waals surface area contributed by atoms with Gasteiger partial charge in [-0.1, -0.05) is 0 Å². The van der Waals surface area contributed by atoms with Gasteiger partial charge in [0.05, 0.1) is 6.10 Å². The van der Waals surface area contributed by atoms with Crippen molar-refractivity contribution >= 4 is 0 Å². The Bertz CT molecular complexity index is 66.1. The lowest BCUT2D eigenvalue weighted by atomic mass is 10.1. The molecule has 0 spiro atoms. The first-order valence-electron chi connectivity index (χ1n) is 3.23. The zero-order valence-corrected chi connectivity index (χ0v) is 5.75. The van der Waals surface area contributed by atoms with Crippen molar-refractivity contribution in [2.75, 3.05) is 6.61 Å². The Balaban J connectivity index is 3.16. The minimum Gasteiger partial charge on any atom is -0.396 e. The van der Waals surface area contributed by atoms with Crippen molar-refractivity contribution in [2.45, 2.75) is 31.9 Å². The van der Waals surface area contributed by atoms with Crippen LogP contribution in [0.1, 0.15) is 19.8 Å². The zero-order valence-electron chi connectivity index (χ0n) is 5.75. The van der Waals surface area contributed by atoms with Crippen LogP contribution in [0, 0.1) is 0 Å². The highest BCUT2D eigenvalue weighted by molar-refractivity contribution is 4.65. The molecule has 0 radical (unpaired) electrons. The van der Waals surface area contributed by atoms with Crippen molar-refractivity contribution in [3.63, 3.8) is 0 Å². The van der Waals surface area contributed by atoms with Gasteiger partial charge < -0.3 is 15.9 Å². The van der Waals surface area contributed by atoms with Crippen molar-refractivity contribution in [2.24, 2.45) is 5.73 Å². The molecule has 56 valence electrons. The summed E-state index contributed by atoms with van der Waals surface area (Å²) in [4.78, 5) is 0. The number of rotatable bonds is 4. The molecule has 0 aliphatic heterocycles. The molecule has 0 aromatic carbocycles. The normalized spacial score (nSPS) is 17.3. The fourth-order valence-electron chi connectivity index (χ4n) is 0.563. The van der Waals surface area contributed by atoms with E-state index in [9.17, 15) is 0 Å². The SMILES string of the molecule is CC(N)C(O)CCCO. The first-order valence-corrected chi connectivity index (χ1v) is 3.23. The van der Waals surface area contributed by atoms with E-state index in [2.05, 4.69) is 0 Å². The van der Waals surface area contributed by atoms with E-state index in [4.69, 9.17) is 15.9 Å². The van der Waals surface area contributed by atoms with Crippen LogP contribution in [0.5, 0.6) is 0 Å². The van der Waals surface area contributed by atoms with E-state index in [0.717, 1.165) is 0 Å². The molecular formula is C6H15NO2. The Morgan fingerprint density at radius 2 is 2.11 bits per heavy atom. The predicted octanol–water partition coefficient (Wildman–Crippen LogP) is -0.533. The van der Waals surface area contributed by atoms with E-state index in [-0.39, 0.29) is 12.6 Å². The Kier molecular flexibility index (Phi) is 4.67. The number of hydrogen-bond acceptors (Lipinski definition) is 3. The average Bonchev–Trinajstić information content (AvgIpc) is 1.82. The smallest absolute Gasteiger partial charge is 0.0689 e. The Labute approximate surface area is 55.5 Å². The lowest BCUT2D eigenvalue weighted by Crippen LogP contribution is -2.31. The van der Waals surface area contributed by atoms with Crippen LogP contribution in [-0.2, 0) is 0 Å². The molecule has 0 aromatic rings. The highest BCUT2D eigenvalue weighted by Gasteiger charge is 2.07. The molecule has 0 aliphatic rings. The molecule has 3 nitrogen and oxygen atoms in total. The van der Waals surface area contributed by atoms with Gasteiger partial charge in [-0.15, -0.1) is 0 Å². The molecule has 2 unspecified atom stereocenters. The maximum absolute atomic E-state index is 9.02. The van der Waals surface area contributed by atoms with Gasteiger partial charge in [-0.3, -0.25) is 0 Å². The van der Waals surface area contributed by atoms with Crippen LogP contribution >= 0.6 is 0 Å². The summed E-state index contributed by atoms with van der Waals surface area (Å²) < 4.78 is 0. The second-order valence-electron chi connectivity index (χ2n) is 2.29. The fraction of sp³-hybridized carbons (Fsp3) is 1.00. The Morgan fingerprint density at radius 3 is 2.44 bits per heavy atom. The third-order valence-electron chi connectivity index (χ3n) is 1.26. The van der Waals surface area contributed by atoms with Crippen LogP contribution in [0.3, 0.4) is 0 Å². The molecule has 4 N–H and O–H groups in total. The lowest BCUT2D eigenvalue weighted by molar-refractivity contribution is 0.129. The van der Waals surface area contributed by atoms with Crippen molar-refractivity contribution < 1.29 is 10.2 Å². The molecule has 0 saturated carbocycles. The van der Waals surface area contributed by atoms with Crippen molar-refractivity contribution in [3.8, 4) is 0 Å². The summed E-state index contributed by atoms with van der Waals surface area (Å²) in [5.41, 5.74) is 5.35. The third kappa shape index (κ3) is 4.39. The van der Waals surface area contributed by atoms with E-state index in [1.807, 2.05) is 0 Å². The lowest BCUT2D eigenvalue weighted by Gasteiger charge is -2.12. The van der Waals surface area contributed by atoms with Crippen molar-refractivity contribution in [1.82, 2.24) is 0 Å². The first-order chi connectivity index (χ1) is 4.18. The van der Waals surface area contributed by atoms with E-state index < -0.39 is 6.10 Å². The second-order valence-corrected chi connectivity index (χ2v) is 2.29. The molecule has 0 amide bonds. The summed E-state index contributed by atoms with van der Waals surface area (Å²) >= 11 is 0. The molecule has 0 fully saturated rings. The second kappa shape index (κ2) is 4.73. The van der Waals surface area contributed by atoms with Crippen LogP contribution in [0.2, 0.25) is 0 Å². The summed E-state index contributed by atoms with van der Waals surface area (Å²) in [5.74, 6) is 0. The molecule has 9 heavy (non-hydrogen) atoms. The molecule has 0 aromatic heterocycles. The van der Waals surface area contributed by atoms with Gasteiger partial charge in [0.15, 0.2) is 0 Å². The van der Waals surface area contributed by atoms with Gasteiger partial charge in [-0.25, -0.2) is 0 Å². The highest BCUT2D eigenvalue weighted by Crippen LogP contribution is 1.98. The van der Waals surface area contributed by atoms with Gasteiger partial charge in [0.25, 0.3) is 0 Å². The topological polar surface area (TPSA) is 66.5 Å². The minimum absolute atomic E-state index is 0.129. The summed E-state index contributed by atoms with van der Waals surface area (Å²) in [6.07, 6.45) is 0.758. The number of aliphatic hydroxyl groups is 2. The third-order valence-corrected chi connectivity index (χ3v) is 1.26.